The summed E-state index contributed by atoms with van der Waals surface area (Å²) in [5.74, 6) is 0.363. The highest BCUT2D eigenvalue weighted by Crippen LogP contribution is 2.24. The summed E-state index contributed by atoms with van der Waals surface area (Å²) in [4.78, 5) is 12.2. The molecule has 0 saturated carbocycles. The van der Waals surface area contributed by atoms with Crippen molar-refractivity contribution in [2.24, 2.45) is 0 Å². The molecule has 0 fully saturated rings. The number of carbonyl (C=O) groups excluding carboxylic acids is 1. The number of sulfonamides is 1. The van der Waals surface area contributed by atoms with Crippen molar-refractivity contribution in [1.29, 1.82) is 0 Å². The van der Waals surface area contributed by atoms with Gasteiger partial charge in [-0.1, -0.05) is 11.6 Å². The summed E-state index contributed by atoms with van der Waals surface area (Å²) in [6.45, 7) is 2.46. The van der Waals surface area contributed by atoms with E-state index in [2.05, 4.69) is 10.0 Å². The molecule has 0 atom stereocenters. The fourth-order valence-corrected chi connectivity index (χ4v) is 2.80. The molecule has 0 radical (unpaired) electrons. The molecule has 128 valence electrons. The standard InChI is InChI=1S/C16H17ClN2O4S/c1-3-23-13-7-5-12(6-8-13)18-16(20)11-4-9-15(14(17)10-11)19-24(2,21)22/h4-10,19H,3H2,1-2H3,(H,18,20). The predicted octanol–water partition coefficient (Wildman–Crippen LogP) is 3.36. The van der Waals surface area contributed by atoms with Crippen molar-refractivity contribution in [3.8, 4) is 5.75 Å². The number of hydrogen-bond acceptors (Lipinski definition) is 4. The van der Waals surface area contributed by atoms with Gasteiger partial charge in [0.15, 0.2) is 0 Å². The minimum atomic E-state index is -3.44. The smallest absolute Gasteiger partial charge is 0.255 e. The lowest BCUT2D eigenvalue weighted by molar-refractivity contribution is 0.102. The lowest BCUT2D eigenvalue weighted by Crippen LogP contribution is -2.13. The number of benzene rings is 2. The largest absolute Gasteiger partial charge is 0.494 e. The first kappa shape index (κ1) is 18.1. The van der Waals surface area contributed by atoms with Gasteiger partial charge in [0.05, 0.1) is 23.6 Å². The summed E-state index contributed by atoms with van der Waals surface area (Å²) in [5.41, 5.74) is 1.14. The summed E-state index contributed by atoms with van der Waals surface area (Å²) < 4.78 is 30.1. The third-order valence-electron chi connectivity index (χ3n) is 2.95. The Bertz CT molecular complexity index is 836. The van der Waals surface area contributed by atoms with Crippen LogP contribution in [0, 0.1) is 0 Å². The Morgan fingerprint density at radius 1 is 1.17 bits per heavy atom. The molecule has 0 saturated heterocycles. The maximum Gasteiger partial charge on any atom is 0.255 e. The number of ether oxygens (including phenoxy) is 1. The van der Waals surface area contributed by atoms with E-state index in [0.29, 0.717) is 17.9 Å². The minimum Gasteiger partial charge on any atom is -0.494 e. The van der Waals surface area contributed by atoms with E-state index >= 15 is 0 Å². The zero-order chi connectivity index (χ0) is 17.7. The highest BCUT2D eigenvalue weighted by atomic mass is 35.5. The van der Waals surface area contributed by atoms with Crippen LogP contribution >= 0.6 is 11.6 Å². The Morgan fingerprint density at radius 2 is 1.83 bits per heavy atom. The molecule has 2 aromatic rings. The lowest BCUT2D eigenvalue weighted by atomic mass is 10.2. The number of hydrogen-bond donors (Lipinski definition) is 2. The third-order valence-corrected chi connectivity index (χ3v) is 3.85. The first-order valence-electron chi connectivity index (χ1n) is 7.10. The molecule has 0 spiro atoms. The van der Waals surface area contributed by atoms with Gasteiger partial charge in [-0.3, -0.25) is 9.52 Å². The van der Waals surface area contributed by atoms with Crippen molar-refractivity contribution in [3.63, 3.8) is 0 Å². The Morgan fingerprint density at radius 3 is 2.38 bits per heavy atom. The molecule has 8 heteroatoms. The highest BCUT2D eigenvalue weighted by Gasteiger charge is 2.11. The number of halogens is 1. The zero-order valence-electron chi connectivity index (χ0n) is 13.2. The third kappa shape index (κ3) is 5.14. The van der Waals surface area contributed by atoms with Crippen LogP contribution in [0.25, 0.3) is 0 Å². The van der Waals surface area contributed by atoms with Gasteiger partial charge in [-0.2, -0.15) is 0 Å². The Hall–Kier alpha value is -2.25. The molecular formula is C16H17ClN2O4S. The van der Waals surface area contributed by atoms with Gasteiger partial charge >= 0.3 is 0 Å². The summed E-state index contributed by atoms with van der Waals surface area (Å²) in [6, 6.07) is 11.3. The summed E-state index contributed by atoms with van der Waals surface area (Å²) in [6.07, 6.45) is 1.02. The number of anilines is 2. The molecule has 0 aliphatic rings. The topological polar surface area (TPSA) is 84.5 Å². The van der Waals surface area contributed by atoms with Crippen LogP contribution in [0.3, 0.4) is 0 Å². The van der Waals surface area contributed by atoms with Crippen molar-refractivity contribution < 1.29 is 17.9 Å². The van der Waals surface area contributed by atoms with Crippen molar-refractivity contribution >= 4 is 38.9 Å². The number of nitrogens with one attached hydrogen (secondary N) is 2. The number of rotatable bonds is 6. The van der Waals surface area contributed by atoms with E-state index in [-0.39, 0.29) is 16.6 Å². The Balaban J connectivity index is 2.11. The normalized spacial score (nSPS) is 11.0. The Labute approximate surface area is 145 Å². The molecule has 1 amide bonds. The van der Waals surface area contributed by atoms with Crippen molar-refractivity contribution in [3.05, 3.63) is 53.1 Å². The second-order valence-corrected chi connectivity index (χ2v) is 7.14. The van der Waals surface area contributed by atoms with Crippen molar-refractivity contribution in [2.45, 2.75) is 6.92 Å². The molecule has 2 rings (SSSR count). The van der Waals surface area contributed by atoms with Crippen LogP contribution in [0.4, 0.5) is 11.4 Å². The van der Waals surface area contributed by atoms with E-state index in [1.54, 1.807) is 24.3 Å². The van der Waals surface area contributed by atoms with Crippen LogP contribution in [-0.2, 0) is 10.0 Å². The number of carbonyl (C=O) groups is 1. The molecule has 0 bridgehead atoms. The van der Waals surface area contributed by atoms with E-state index in [9.17, 15) is 13.2 Å². The highest BCUT2D eigenvalue weighted by molar-refractivity contribution is 7.92. The second-order valence-electron chi connectivity index (χ2n) is 4.98. The monoisotopic (exact) mass is 368 g/mol. The SMILES string of the molecule is CCOc1ccc(NC(=O)c2ccc(NS(C)(=O)=O)c(Cl)c2)cc1. The average Bonchev–Trinajstić information content (AvgIpc) is 2.50. The van der Waals surface area contributed by atoms with Crippen LogP contribution in [0.2, 0.25) is 5.02 Å². The molecule has 0 unspecified atom stereocenters. The van der Waals surface area contributed by atoms with Gasteiger partial charge < -0.3 is 10.1 Å². The molecule has 0 aliphatic heterocycles. The van der Waals surface area contributed by atoms with Gasteiger partial charge in [-0.05, 0) is 49.4 Å². The van der Waals surface area contributed by atoms with Crippen LogP contribution in [0.5, 0.6) is 5.75 Å². The molecule has 2 N–H and O–H groups in total. The first-order valence-corrected chi connectivity index (χ1v) is 9.37. The van der Waals surface area contributed by atoms with Crippen molar-refractivity contribution in [2.75, 3.05) is 22.9 Å². The summed E-state index contributed by atoms with van der Waals surface area (Å²) >= 11 is 6.01. The van der Waals surface area contributed by atoms with Crippen molar-refractivity contribution in [1.82, 2.24) is 0 Å². The molecule has 0 aromatic heterocycles. The van der Waals surface area contributed by atoms with E-state index in [1.165, 1.54) is 18.2 Å². The van der Waals surface area contributed by atoms with Gasteiger partial charge in [0.2, 0.25) is 10.0 Å². The molecule has 24 heavy (non-hydrogen) atoms. The predicted molar refractivity (Wildman–Crippen MR) is 95.5 cm³/mol. The second kappa shape index (κ2) is 7.55. The Kier molecular flexibility index (Phi) is 5.69. The van der Waals surface area contributed by atoms with E-state index in [4.69, 9.17) is 16.3 Å². The minimum absolute atomic E-state index is 0.139. The van der Waals surface area contributed by atoms with Crippen LogP contribution in [0.1, 0.15) is 17.3 Å². The van der Waals surface area contributed by atoms with Gasteiger partial charge in [0, 0.05) is 11.3 Å². The molecule has 0 heterocycles. The summed E-state index contributed by atoms with van der Waals surface area (Å²) in [7, 11) is -3.44. The molecule has 6 nitrogen and oxygen atoms in total. The van der Waals surface area contributed by atoms with E-state index < -0.39 is 10.0 Å². The van der Waals surface area contributed by atoms with E-state index in [0.717, 1.165) is 12.0 Å². The van der Waals surface area contributed by atoms with Crippen LogP contribution in [0.15, 0.2) is 42.5 Å². The van der Waals surface area contributed by atoms with E-state index in [1.807, 2.05) is 6.92 Å². The average molecular weight is 369 g/mol. The lowest BCUT2D eigenvalue weighted by Gasteiger charge is -2.10. The molecular weight excluding hydrogens is 352 g/mol. The summed E-state index contributed by atoms with van der Waals surface area (Å²) in [5, 5.41) is 2.87. The quantitative estimate of drug-likeness (QED) is 0.818. The van der Waals surface area contributed by atoms with Gasteiger partial charge in [-0.25, -0.2) is 8.42 Å². The van der Waals surface area contributed by atoms with Crippen LogP contribution in [-0.4, -0.2) is 27.2 Å². The van der Waals surface area contributed by atoms with Gasteiger partial charge in [0.1, 0.15) is 5.75 Å². The first-order chi connectivity index (χ1) is 11.3. The molecule has 0 aliphatic carbocycles. The zero-order valence-corrected chi connectivity index (χ0v) is 14.7. The molecule has 2 aromatic carbocycles. The fourth-order valence-electron chi connectivity index (χ4n) is 1.94. The number of amides is 1. The maximum absolute atomic E-state index is 12.2. The maximum atomic E-state index is 12.2. The fraction of sp³-hybridized carbons (Fsp3) is 0.188. The van der Waals surface area contributed by atoms with Gasteiger partial charge in [0.25, 0.3) is 5.91 Å². The van der Waals surface area contributed by atoms with Crippen LogP contribution < -0.4 is 14.8 Å². The van der Waals surface area contributed by atoms with Gasteiger partial charge in [-0.15, -0.1) is 0 Å².